The van der Waals surface area contributed by atoms with Crippen molar-refractivity contribution in [2.75, 3.05) is 19.6 Å². The van der Waals surface area contributed by atoms with Gasteiger partial charge in [0.25, 0.3) is 5.91 Å². The van der Waals surface area contributed by atoms with Crippen molar-refractivity contribution in [2.24, 2.45) is 24.8 Å². The van der Waals surface area contributed by atoms with Crippen molar-refractivity contribution in [1.29, 1.82) is 0 Å². The first-order valence-electron chi connectivity index (χ1n) is 11.8. The van der Waals surface area contributed by atoms with Gasteiger partial charge >= 0.3 is 6.36 Å². The molecule has 196 valence electrons. The minimum Gasteiger partial charge on any atom is -0.406 e. The highest BCUT2D eigenvalue weighted by atomic mass is 19.4. The largest absolute Gasteiger partial charge is 0.573 e. The van der Waals surface area contributed by atoms with Gasteiger partial charge in [0.1, 0.15) is 23.1 Å². The Hall–Kier alpha value is -3.47. The van der Waals surface area contributed by atoms with Gasteiger partial charge in [0.05, 0.1) is 6.33 Å². The number of hydrogen-bond acceptors (Lipinski definition) is 4. The molecule has 1 aliphatic heterocycles. The summed E-state index contributed by atoms with van der Waals surface area (Å²) in [6.45, 7) is 2.22. The summed E-state index contributed by atoms with van der Waals surface area (Å²) >= 11 is 0. The van der Waals surface area contributed by atoms with Crippen molar-refractivity contribution >= 4 is 5.91 Å². The van der Waals surface area contributed by atoms with Gasteiger partial charge in [-0.2, -0.15) is 0 Å². The van der Waals surface area contributed by atoms with E-state index in [0.29, 0.717) is 49.1 Å². The molecule has 2 unspecified atom stereocenters. The summed E-state index contributed by atoms with van der Waals surface area (Å²) in [6, 6.07) is 9.01. The molecule has 0 spiro atoms. The smallest absolute Gasteiger partial charge is 0.406 e. The summed E-state index contributed by atoms with van der Waals surface area (Å²) in [7, 11) is 1.74. The van der Waals surface area contributed by atoms with E-state index >= 15 is 0 Å². The number of carbonyl (C=O) groups is 1. The molecular formula is C26H25F5N4O2. The van der Waals surface area contributed by atoms with E-state index in [1.807, 2.05) is 0 Å². The molecule has 2 aromatic carbocycles. The number of fused-ring (bicyclic) bond motifs is 1. The average molecular weight is 521 g/mol. The summed E-state index contributed by atoms with van der Waals surface area (Å²) in [6.07, 6.45) is -1.70. The number of hydrogen-bond donors (Lipinski definition) is 0. The molecular weight excluding hydrogens is 495 g/mol. The summed E-state index contributed by atoms with van der Waals surface area (Å²) in [5.74, 6) is -0.776. The molecule has 0 radical (unpaired) electrons. The number of aromatic nitrogens is 2. The van der Waals surface area contributed by atoms with Gasteiger partial charge in [-0.1, -0.05) is 12.1 Å². The van der Waals surface area contributed by atoms with Crippen LogP contribution < -0.4 is 4.74 Å². The van der Waals surface area contributed by atoms with Gasteiger partial charge in [-0.25, -0.2) is 13.8 Å². The number of benzene rings is 2. The number of piperidine rings is 1. The SMILES string of the molecule is Cn1cnc(C(=O)N(Cc2cccc(OC(F)(F)F)c2)CC2C3CN(Cc4cc(F)ccc4F)CC32)c1. The minimum absolute atomic E-state index is 0.0959. The van der Waals surface area contributed by atoms with E-state index in [-0.39, 0.29) is 29.8 Å². The van der Waals surface area contributed by atoms with Crippen LogP contribution in [0.15, 0.2) is 55.0 Å². The highest BCUT2D eigenvalue weighted by Gasteiger charge is 2.56. The molecule has 2 fully saturated rings. The summed E-state index contributed by atoms with van der Waals surface area (Å²) in [5, 5.41) is 0. The molecule has 0 bridgehead atoms. The fourth-order valence-electron chi connectivity index (χ4n) is 5.26. The Labute approximate surface area is 210 Å². The minimum atomic E-state index is -4.81. The molecule has 2 heterocycles. The van der Waals surface area contributed by atoms with Crippen LogP contribution in [0.1, 0.15) is 21.6 Å². The summed E-state index contributed by atoms with van der Waals surface area (Å²) < 4.78 is 71.3. The third kappa shape index (κ3) is 5.93. The number of amides is 1. The van der Waals surface area contributed by atoms with Gasteiger partial charge in [0.2, 0.25) is 0 Å². The lowest BCUT2D eigenvalue weighted by atomic mass is 10.1. The Morgan fingerprint density at radius 1 is 1.14 bits per heavy atom. The lowest BCUT2D eigenvalue weighted by molar-refractivity contribution is -0.274. The standard InChI is InChI=1S/C26H25F5N4O2/c1-33-14-24(32-15-33)25(36)35(9-16-3-2-4-19(7-16)37-26(29,30)31)13-22-20-11-34(12-21(20)22)10-17-8-18(27)5-6-23(17)28/h2-8,14-15,20-22H,9-13H2,1H3. The predicted octanol–water partition coefficient (Wildman–Crippen LogP) is 4.62. The molecule has 11 heteroatoms. The normalized spacial score (nSPS) is 21.1. The molecule has 1 aliphatic carbocycles. The number of nitrogens with zero attached hydrogens (tertiary/aromatic N) is 4. The van der Waals surface area contributed by atoms with Crippen LogP contribution >= 0.6 is 0 Å². The third-order valence-corrected chi connectivity index (χ3v) is 7.00. The number of halogens is 5. The number of aryl methyl sites for hydroxylation is 1. The van der Waals surface area contributed by atoms with E-state index in [0.717, 1.165) is 12.1 Å². The first-order chi connectivity index (χ1) is 17.6. The molecule has 6 nitrogen and oxygen atoms in total. The van der Waals surface area contributed by atoms with Gasteiger partial charge in [0.15, 0.2) is 0 Å². The maximum Gasteiger partial charge on any atom is 0.573 e. The molecule has 1 saturated heterocycles. The molecule has 2 aliphatic rings. The fraction of sp³-hybridized carbons (Fsp3) is 0.385. The average Bonchev–Trinajstić information content (AvgIpc) is 3.14. The zero-order chi connectivity index (χ0) is 26.3. The Bertz CT molecular complexity index is 1280. The topological polar surface area (TPSA) is 50.6 Å². The van der Waals surface area contributed by atoms with E-state index in [4.69, 9.17) is 0 Å². The van der Waals surface area contributed by atoms with Crippen LogP contribution in [0, 0.1) is 29.4 Å². The van der Waals surface area contributed by atoms with Gasteiger partial charge in [-0.05, 0) is 53.6 Å². The predicted molar refractivity (Wildman–Crippen MR) is 123 cm³/mol. The Kier molecular flexibility index (Phi) is 6.65. The first kappa shape index (κ1) is 25.2. The summed E-state index contributed by atoms with van der Waals surface area (Å²) in [4.78, 5) is 21.1. The number of imidazole rings is 1. The van der Waals surface area contributed by atoms with Crippen molar-refractivity contribution < 1.29 is 31.5 Å². The number of rotatable bonds is 8. The van der Waals surface area contributed by atoms with Crippen molar-refractivity contribution in [1.82, 2.24) is 19.4 Å². The Morgan fingerprint density at radius 3 is 2.57 bits per heavy atom. The second kappa shape index (κ2) is 9.77. The highest BCUT2D eigenvalue weighted by molar-refractivity contribution is 5.92. The van der Waals surface area contributed by atoms with E-state index in [1.165, 1.54) is 30.6 Å². The molecule has 5 rings (SSSR count). The van der Waals surface area contributed by atoms with Gasteiger partial charge < -0.3 is 14.2 Å². The van der Waals surface area contributed by atoms with E-state index < -0.39 is 18.0 Å². The molecule has 2 atom stereocenters. The maximum atomic E-state index is 14.0. The number of alkyl halides is 3. The van der Waals surface area contributed by atoms with Crippen LogP contribution in [-0.2, 0) is 20.1 Å². The van der Waals surface area contributed by atoms with Crippen LogP contribution in [0.2, 0.25) is 0 Å². The fourth-order valence-corrected chi connectivity index (χ4v) is 5.26. The quantitative estimate of drug-likeness (QED) is 0.407. The van der Waals surface area contributed by atoms with Crippen molar-refractivity contribution in [2.45, 2.75) is 19.5 Å². The Morgan fingerprint density at radius 2 is 1.89 bits per heavy atom. The zero-order valence-electron chi connectivity index (χ0n) is 20.0. The van der Waals surface area contributed by atoms with Crippen molar-refractivity contribution in [3.8, 4) is 5.75 Å². The number of carbonyl (C=O) groups excluding carboxylic acids is 1. The molecule has 0 N–H and O–H groups in total. The second-order valence-electron chi connectivity index (χ2n) is 9.73. The van der Waals surface area contributed by atoms with Crippen LogP contribution in [0.25, 0.3) is 0 Å². The van der Waals surface area contributed by atoms with Crippen molar-refractivity contribution in [3.63, 3.8) is 0 Å². The van der Waals surface area contributed by atoms with Crippen LogP contribution in [0.5, 0.6) is 5.75 Å². The highest BCUT2D eigenvalue weighted by Crippen LogP contribution is 2.52. The van der Waals surface area contributed by atoms with E-state index in [1.54, 1.807) is 28.8 Å². The van der Waals surface area contributed by atoms with Crippen LogP contribution in [0.4, 0.5) is 22.0 Å². The van der Waals surface area contributed by atoms with Crippen LogP contribution in [0.3, 0.4) is 0 Å². The van der Waals surface area contributed by atoms with E-state index in [2.05, 4.69) is 14.6 Å². The van der Waals surface area contributed by atoms with Gasteiger partial charge in [-0.3, -0.25) is 9.69 Å². The van der Waals surface area contributed by atoms with Crippen LogP contribution in [-0.4, -0.2) is 51.3 Å². The lowest BCUT2D eigenvalue weighted by Gasteiger charge is -2.25. The maximum absolute atomic E-state index is 14.0. The molecule has 3 aromatic rings. The van der Waals surface area contributed by atoms with E-state index in [9.17, 15) is 26.7 Å². The van der Waals surface area contributed by atoms with Gasteiger partial charge in [0, 0.05) is 51.5 Å². The molecule has 1 amide bonds. The number of ether oxygens (including phenoxy) is 1. The zero-order valence-corrected chi connectivity index (χ0v) is 20.0. The number of likely N-dealkylation sites (tertiary alicyclic amines) is 1. The summed E-state index contributed by atoms with van der Waals surface area (Å²) in [5.41, 5.74) is 1.06. The monoisotopic (exact) mass is 520 g/mol. The molecule has 37 heavy (non-hydrogen) atoms. The lowest BCUT2D eigenvalue weighted by Crippen LogP contribution is -2.35. The van der Waals surface area contributed by atoms with Gasteiger partial charge in [-0.15, -0.1) is 13.2 Å². The third-order valence-electron chi connectivity index (χ3n) is 7.00. The molecule has 1 saturated carbocycles. The molecule has 1 aromatic heterocycles. The van der Waals surface area contributed by atoms with Crippen molar-refractivity contribution in [3.05, 3.63) is 83.4 Å². The Balaban J connectivity index is 1.26. The first-order valence-corrected chi connectivity index (χ1v) is 11.8. The second-order valence-corrected chi connectivity index (χ2v) is 9.73.